The molecule has 2 N–H and O–H groups in total. The number of carbonyl (C=O) groups is 1. The maximum absolute atomic E-state index is 11.8. The Morgan fingerprint density at radius 1 is 1.02 bits per heavy atom. The van der Waals surface area contributed by atoms with Gasteiger partial charge in [-0.2, -0.15) is 4.98 Å². The van der Waals surface area contributed by atoms with Gasteiger partial charge in [-0.25, -0.2) is 14.8 Å². The molecule has 2 aromatic heterocycles. The van der Waals surface area contributed by atoms with Gasteiger partial charge in [0.1, 0.15) is 11.2 Å². The van der Waals surface area contributed by atoms with E-state index in [1.807, 2.05) is 24.3 Å². The molecule has 3 fully saturated rings. The molecular formula is C29H38ClN7O4. The van der Waals surface area contributed by atoms with E-state index < -0.39 is 12.3 Å². The van der Waals surface area contributed by atoms with Crippen LogP contribution in [0.2, 0.25) is 5.02 Å². The minimum absolute atomic E-state index is 0.160. The van der Waals surface area contributed by atoms with E-state index >= 15 is 0 Å². The van der Waals surface area contributed by atoms with Crippen molar-refractivity contribution in [3.8, 4) is 11.3 Å². The number of rotatable bonds is 9. The van der Waals surface area contributed by atoms with Crippen molar-refractivity contribution in [1.82, 2.24) is 30.3 Å². The topological polar surface area (TPSA) is 116 Å². The van der Waals surface area contributed by atoms with Gasteiger partial charge in [0, 0.05) is 31.4 Å². The Morgan fingerprint density at radius 3 is 2.39 bits per heavy atom. The molecule has 41 heavy (non-hydrogen) atoms. The molecule has 0 spiro atoms. The number of hydrogen-bond acceptors (Lipinski definition) is 9. The van der Waals surface area contributed by atoms with Gasteiger partial charge in [-0.1, -0.05) is 43.5 Å². The molecule has 1 unspecified atom stereocenters. The van der Waals surface area contributed by atoms with Crippen LogP contribution in [0.4, 0.5) is 10.7 Å². The molecule has 1 saturated carbocycles. The van der Waals surface area contributed by atoms with Gasteiger partial charge in [0.25, 0.3) is 0 Å². The summed E-state index contributed by atoms with van der Waals surface area (Å²) in [6.45, 7) is 4.34. The van der Waals surface area contributed by atoms with E-state index in [1.54, 1.807) is 14.2 Å². The first-order valence-electron chi connectivity index (χ1n) is 14.5. The molecule has 2 saturated heterocycles. The lowest BCUT2D eigenvalue weighted by atomic mass is 9.83. The van der Waals surface area contributed by atoms with E-state index in [2.05, 4.69) is 27.2 Å². The fourth-order valence-electron chi connectivity index (χ4n) is 6.55. The predicted octanol–water partition coefficient (Wildman–Crippen LogP) is 4.85. The second kappa shape index (κ2) is 12.1. The summed E-state index contributed by atoms with van der Waals surface area (Å²) >= 11 is 6.47. The van der Waals surface area contributed by atoms with Crippen LogP contribution in [0.3, 0.4) is 0 Å². The number of carbonyl (C=O) groups excluding carboxylic acids is 1. The van der Waals surface area contributed by atoms with Crippen LogP contribution in [0.15, 0.2) is 24.3 Å². The van der Waals surface area contributed by atoms with Crippen molar-refractivity contribution in [2.45, 2.75) is 70.2 Å². The molecule has 2 aliphatic heterocycles. The lowest BCUT2D eigenvalue weighted by Gasteiger charge is -2.33. The van der Waals surface area contributed by atoms with Crippen LogP contribution >= 0.6 is 11.6 Å². The summed E-state index contributed by atoms with van der Waals surface area (Å²) < 4.78 is 13.6. The molecule has 3 aliphatic rings. The number of anilines is 1. The highest BCUT2D eigenvalue weighted by Crippen LogP contribution is 2.39. The highest BCUT2D eigenvalue weighted by atomic mass is 35.5. The highest BCUT2D eigenvalue weighted by molar-refractivity contribution is 6.30. The molecule has 6 rings (SSSR count). The molecule has 12 heteroatoms. The Balaban J connectivity index is 1.55. The van der Waals surface area contributed by atoms with Gasteiger partial charge in [-0.15, -0.1) is 5.48 Å². The first kappa shape index (κ1) is 28.1. The number of nitrogens with one attached hydrogen (secondary N) is 2. The minimum atomic E-state index is -0.701. The number of methoxy groups -OCH3 is 2. The molecule has 11 nitrogen and oxygen atoms in total. The zero-order valence-electron chi connectivity index (χ0n) is 23.8. The molecular weight excluding hydrogens is 546 g/mol. The number of imidazole rings is 1. The largest absolute Gasteiger partial charge is 0.427 e. The van der Waals surface area contributed by atoms with Crippen LogP contribution in [-0.4, -0.2) is 65.1 Å². The quantitative estimate of drug-likeness (QED) is 0.365. The lowest BCUT2D eigenvalue weighted by molar-refractivity contribution is 0.120. The summed E-state index contributed by atoms with van der Waals surface area (Å²) in [5.41, 5.74) is 5.66. The van der Waals surface area contributed by atoms with E-state index in [0.717, 1.165) is 42.3 Å². The number of aromatic nitrogens is 4. The first-order valence-corrected chi connectivity index (χ1v) is 14.9. The Labute approximate surface area is 244 Å². The van der Waals surface area contributed by atoms with E-state index in [1.165, 1.54) is 25.7 Å². The smallest absolute Gasteiger partial charge is 0.383 e. The summed E-state index contributed by atoms with van der Waals surface area (Å²) in [6.07, 6.45) is 5.48. The van der Waals surface area contributed by atoms with E-state index in [-0.39, 0.29) is 12.1 Å². The number of hydrogen-bond donors (Lipinski definition) is 2. The van der Waals surface area contributed by atoms with E-state index in [0.29, 0.717) is 41.3 Å². The van der Waals surface area contributed by atoms with Gasteiger partial charge in [-0.05, 0) is 49.7 Å². The third kappa shape index (κ3) is 5.73. The van der Waals surface area contributed by atoms with Gasteiger partial charge < -0.3 is 23.8 Å². The van der Waals surface area contributed by atoms with Crippen LogP contribution in [0.5, 0.6) is 0 Å². The van der Waals surface area contributed by atoms with Crippen molar-refractivity contribution in [2.24, 2.45) is 11.8 Å². The van der Waals surface area contributed by atoms with Gasteiger partial charge in [0.2, 0.25) is 5.95 Å². The Hall–Kier alpha value is -2.99. The molecule has 3 aromatic rings. The van der Waals surface area contributed by atoms with Crippen LogP contribution in [0, 0.1) is 11.8 Å². The summed E-state index contributed by atoms with van der Waals surface area (Å²) in [5.74, 6) is 2.49. The van der Waals surface area contributed by atoms with Crippen molar-refractivity contribution < 1.29 is 19.1 Å². The number of hydroxylamine groups is 1. The van der Waals surface area contributed by atoms with Crippen LogP contribution in [0.25, 0.3) is 22.4 Å². The van der Waals surface area contributed by atoms with E-state index in [4.69, 9.17) is 40.9 Å². The minimum Gasteiger partial charge on any atom is -0.383 e. The molecule has 1 aliphatic carbocycles. The van der Waals surface area contributed by atoms with Gasteiger partial charge in [0.05, 0.1) is 25.3 Å². The predicted molar refractivity (Wildman–Crippen MR) is 155 cm³/mol. The average molecular weight is 584 g/mol. The van der Waals surface area contributed by atoms with Crippen molar-refractivity contribution in [1.29, 1.82) is 0 Å². The lowest BCUT2D eigenvalue weighted by Crippen LogP contribution is -2.42. The molecule has 3 atom stereocenters. The summed E-state index contributed by atoms with van der Waals surface area (Å²) in [4.78, 5) is 34.2. The zero-order chi connectivity index (χ0) is 28.5. The summed E-state index contributed by atoms with van der Waals surface area (Å²) in [5, 5.41) is 3.33. The second-order valence-electron chi connectivity index (χ2n) is 11.5. The molecule has 4 heterocycles. The van der Waals surface area contributed by atoms with Crippen molar-refractivity contribution >= 4 is 34.8 Å². The maximum Gasteiger partial charge on any atom is 0.427 e. The average Bonchev–Trinajstić information content (AvgIpc) is 3.67. The van der Waals surface area contributed by atoms with Crippen LogP contribution in [-0.2, 0) is 20.9 Å². The standard InChI is InChI=1S/C29H38ClN7O4/c1-17-7-9-18(10-8-17)14-36-24-23(19-5-4-6-20(30)13-19)31-26(27-34-29(38)41-35-27)32-25(24)33-28(36)37-21(15-39-2)11-12-22(37)16-40-3/h4-6,13,17-18,21-22,27,35H,7-12,14-16H2,1-3H3,(H,34,38)/t17?,18?,21-,22-,27?/m0/s1. The third-order valence-corrected chi connectivity index (χ3v) is 8.87. The molecule has 1 amide bonds. The number of fused-ring (bicyclic) bond motifs is 1. The SMILES string of the molecule is COC[C@@H]1CC[C@@H](COC)N1c1nc2nc(C3NOC(=O)N3)nc(-c3cccc(Cl)c3)c2n1CC1CCC(C)CC1. The number of ether oxygens (including phenoxy) is 2. The van der Waals surface area contributed by atoms with Crippen molar-refractivity contribution in [3.05, 3.63) is 35.1 Å². The number of amides is 1. The fraction of sp³-hybridized carbons (Fsp3) is 0.586. The van der Waals surface area contributed by atoms with Gasteiger partial charge in [-0.3, -0.25) is 5.32 Å². The normalized spacial score (nSPS) is 26.5. The van der Waals surface area contributed by atoms with E-state index in [9.17, 15) is 4.79 Å². The number of benzene rings is 1. The summed E-state index contributed by atoms with van der Waals surface area (Å²) in [7, 11) is 3.49. The van der Waals surface area contributed by atoms with Crippen LogP contribution in [0.1, 0.15) is 57.4 Å². The third-order valence-electron chi connectivity index (χ3n) is 8.63. The second-order valence-corrected chi connectivity index (χ2v) is 12.0. The fourth-order valence-corrected chi connectivity index (χ4v) is 6.74. The molecule has 1 aromatic carbocycles. The monoisotopic (exact) mass is 583 g/mol. The maximum atomic E-state index is 11.8. The van der Waals surface area contributed by atoms with Crippen molar-refractivity contribution in [3.63, 3.8) is 0 Å². The van der Waals surface area contributed by atoms with Crippen molar-refractivity contribution in [2.75, 3.05) is 32.3 Å². The van der Waals surface area contributed by atoms with Crippen LogP contribution < -0.4 is 15.7 Å². The molecule has 220 valence electrons. The Bertz CT molecular complexity index is 1380. The molecule has 0 bridgehead atoms. The summed E-state index contributed by atoms with van der Waals surface area (Å²) in [6, 6.07) is 7.98. The highest BCUT2D eigenvalue weighted by Gasteiger charge is 2.38. The Kier molecular flexibility index (Phi) is 8.30. The van der Waals surface area contributed by atoms with Gasteiger partial charge in [0.15, 0.2) is 17.6 Å². The number of nitrogens with zero attached hydrogens (tertiary/aromatic N) is 5. The molecule has 0 radical (unpaired) electrons. The Morgan fingerprint density at radius 2 is 1.76 bits per heavy atom. The first-order chi connectivity index (χ1) is 19.9. The number of halogens is 1. The zero-order valence-corrected chi connectivity index (χ0v) is 24.6. The van der Waals surface area contributed by atoms with Gasteiger partial charge >= 0.3 is 6.09 Å².